The molecule has 0 aliphatic rings. The molecule has 100 valence electrons. The van der Waals surface area contributed by atoms with Crippen molar-refractivity contribution in [2.45, 2.75) is 19.8 Å². The van der Waals surface area contributed by atoms with E-state index in [2.05, 4.69) is 0 Å². The maximum Gasteiger partial charge on any atom is 0.131 e. The van der Waals surface area contributed by atoms with E-state index < -0.39 is 5.82 Å². The van der Waals surface area contributed by atoms with Gasteiger partial charge in [0.2, 0.25) is 0 Å². The van der Waals surface area contributed by atoms with E-state index in [1.165, 1.54) is 12.1 Å². The normalized spacial score (nSPS) is 10.5. The van der Waals surface area contributed by atoms with Crippen LogP contribution in [0, 0.1) is 5.82 Å². The highest BCUT2D eigenvalue weighted by molar-refractivity contribution is 5.41. The summed E-state index contributed by atoms with van der Waals surface area (Å²) in [5.74, 6) is -0.157. The van der Waals surface area contributed by atoms with Crippen LogP contribution in [0.2, 0.25) is 0 Å². The summed E-state index contributed by atoms with van der Waals surface area (Å²) >= 11 is 0. The summed E-state index contributed by atoms with van der Waals surface area (Å²) in [7, 11) is 0. The van der Waals surface area contributed by atoms with E-state index in [-0.39, 0.29) is 13.2 Å². The summed E-state index contributed by atoms with van der Waals surface area (Å²) < 4.78 is 18.9. The molecule has 0 radical (unpaired) electrons. The average Bonchev–Trinajstić information content (AvgIpc) is 2.46. The van der Waals surface area contributed by atoms with Crippen LogP contribution in [0.5, 0.6) is 5.75 Å². The quantitative estimate of drug-likeness (QED) is 0.869. The first-order valence-electron chi connectivity index (χ1n) is 5.94. The smallest absolute Gasteiger partial charge is 0.131 e. The average molecular weight is 262 g/mol. The van der Waals surface area contributed by atoms with Crippen LogP contribution in [-0.2, 0) is 19.8 Å². The van der Waals surface area contributed by atoms with Crippen molar-refractivity contribution >= 4 is 0 Å². The molecule has 0 aromatic heterocycles. The molecule has 0 heterocycles. The van der Waals surface area contributed by atoms with E-state index in [4.69, 9.17) is 4.74 Å². The van der Waals surface area contributed by atoms with Crippen LogP contribution in [0.15, 0.2) is 42.5 Å². The molecule has 0 fully saturated rings. The first-order chi connectivity index (χ1) is 9.24. The monoisotopic (exact) mass is 262 g/mol. The zero-order valence-electron chi connectivity index (χ0n) is 10.3. The van der Waals surface area contributed by atoms with Gasteiger partial charge in [-0.2, -0.15) is 0 Å². The van der Waals surface area contributed by atoms with Crippen molar-refractivity contribution in [1.82, 2.24) is 0 Å². The van der Waals surface area contributed by atoms with Crippen LogP contribution >= 0.6 is 0 Å². The molecule has 0 saturated heterocycles. The molecule has 19 heavy (non-hydrogen) atoms. The number of hydrogen-bond acceptors (Lipinski definition) is 3. The molecular formula is C15H15FO3. The Bertz CT molecular complexity index is 515. The first kappa shape index (κ1) is 13.5. The highest BCUT2D eigenvalue weighted by Crippen LogP contribution is 2.27. The molecule has 0 aliphatic carbocycles. The second kappa shape index (κ2) is 6.31. The first-order valence-corrected chi connectivity index (χ1v) is 5.94. The van der Waals surface area contributed by atoms with Gasteiger partial charge in [-0.1, -0.05) is 30.3 Å². The maximum atomic E-state index is 13.3. The topological polar surface area (TPSA) is 49.7 Å². The van der Waals surface area contributed by atoms with Crippen LogP contribution in [0.4, 0.5) is 4.39 Å². The van der Waals surface area contributed by atoms with Gasteiger partial charge in [0.25, 0.3) is 0 Å². The summed E-state index contributed by atoms with van der Waals surface area (Å²) in [5, 5.41) is 18.5. The molecule has 4 heteroatoms. The molecule has 2 rings (SSSR count). The molecule has 3 nitrogen and oxygen atoms in total. The van der Waals surface area contributed by atoms with Gasteiger partial charge in [-0.3, -0.25) is 0 Å². The van der Waals surface area contributed by atoms with Crippen LogP contribution in [0.3, 0.4) is 0 Å². The molecule has 0 saturated carbocycles. The summed E-state index contributed by atoms with van der Waals surface area (Å²) in [6, 6.07) is 11.9. The van der Waals surface area contributed by atoms with Gasteiger partial charge in [-0.25, -0.2) is 4.39 Å². The third-order valence-corrected chi connectivity index (χ3v) is 2.77. The third kappa shape index (κ3) is 3.30. The zero-order chi connectivity index (χ0) is 13.7. The van der Waals surface area contributed by atoms with Crippen molar-refractivity contribution in [3.63, 3.8) is 0 Å². The van der Waals surface area contributed by atoms with Gasteiger partial charge in [-0.05, 0) is 17.7 Å². The van der Waals surface area contributed by atoms with Gasteiger partial charge in [-0.15, -0.1) is 0 Å². The van der Waals surface area contributed by atoms with Crippen molar-refractivity contribution in [2.24, 2.45) is 0 Å². The Morgan fingerprint density at radius 2 is 1.53 bits per heavy atom. The minimum atomic E-state index is -0.500. The number of ether oxygens (including phenoxy) is 1. The van der Waals surface area contributed by atoms with Crippen LogP contribution in [0.1, 0.15) is 16.7 Å². The van der Waals surface area contributed by atoms with Crippen LogP contribution in [0.25, 0.3) is 0 Å². The van der Waals surface area contributed by atoms with Gasteiger partial charge < -0.3 is 14.9 Å². The maximum absolute atomic E-state index is 13.3. The van der Waals surface area contributed by atoms with E-state index >= 15 is 0 Å². The fourth-order valence-corrected chi connectivity index (χ4v) is 1.86. The van der Waals surface area contributed by atoms with E-state index in [0.717, 1.165) is 5.56 Å². The Hall–Kier alpha value is -1.91. The number of hydrogen-bond donors (Lipinski definition) is 2. The lowest BCUT2D eigenvalue weighted by molar-refractivity contribution is 0.241. The SMILES string of the molecule is OCc1cc(F)cc(CO)c1OCc1ccccc1. The molecule has 0 aliphatic heterocycles. The lowest BCUT2D eigenvalue weighted by atomic mass is 10.1. The standard InChI is InChI=1S/C15H15FO3/c16-14-6-12(8-17)15(13(7-14)9-18)19-10-11-4-2-1-3-5-11/h1-7,17-18H,8-10H2. The molecule has 2 aromatic carbocycles. The summed E-state index contributed by atoms with van der Waals surface area (Å²) in [6.45, 7) is -0.379. The van der Waals surface area contributed by atoms with Gasteiger partial charge in [0.1, 0.15) is 18.2 Å². The lowest BCUT2D eigenvalue weighted by Crippen LogP contribution is -2.03. The molecule has 0 amide bonds. The van der Waals surface area contributed by atoms with Crippen molar-refractivity contribution in [3.05, 3.63) is 65.0 Å². The molecule has 0 spiro atoms. The molecule has 0 bridgehead atoms. The highest BCUT2D eigenvalue weighted by Gasteiger charge is 2.12. The Morgan fingerprint density at radius 3 is 2.05 bits per heavy atom. The Labute approximate surface area is 110 Å². The largest absolute Gasteiger partial charge is 0.488 e. The van der Waals surface area contributed by atoms with Gasteiger partial charge >= 0.3 is 0 Å². The highest BCUT2D eigenvalue weighted by atomic mass is 19.1. The van der Waals surface area contributed by atoms with Crippen molar-refractivity contribution in [1.29, 1.82) is 0 Å². The molecular weight excluding hydrogens is 247 g/mol. The minimum absolute atomic E-state index is 0.298. The van der Waals surface area contributed by atoms with Crippen LogP contribution in [-0.4, -0.2) is 10.2 Å². The van der Waals surface area contributed by atoms with E-state index in [1.54, 1.807) is 0 Å². The number of aliphatic hydroxyl groups excluding tert-OH is 2. The second-order valence-corrected chi connectivity index (χ2v) is 4.14. The van der Waals surface area contributed by atoms with Crippen molar-refractivity contribution in [3.8, 4) is 5.75 Å². The summed E-state index contributed by atoms with van der Waals surface area (Å²) in [4.78, 5) is 0. The molecule has 2 aromatic rings. The summed E-state index contributed by atoms with van der Waals surface area (Å²) in [5.41, 5.74) is 1.62. The fourth-order valence-electron chi connectivity index (χ4n) is 1.86. The Morgan fingerprint density at radius 1 is 0.947 bits per heavy atom. The number of aliphatic hydroxyl groups is 2. The minimum Gasteiger partial charge on any atom is -0.488 e. The molecule has 2 N–H and O–H groups in total. The van der Waals surface area contributed by atoms with Crippen molar-refractivity contribution < 1.29 is 19.3 Å². The Balaban J connectivity index is 2.23. The van der Waals surface area contributed by atoms with E-state index in [9.17, 15) is 14.6 Å². The number of rotatable bonds is 5. The number of halogens is 1. The molecule has 0 atom stereocenters. The van der Waals surface area contributed by atoms with E-state index in [0.29, 0.717) is 23.5 Å². The van der Waals surface area contributed by atoms with Gasteiger partial charge in [0, 0.05) is 11.1 Å². The third-order valence-electron chi connectivity index (χ3n) is 2.77. The lowest BCUT2D eigenvalue weighted by Gasteiger charge is -2.14. The predicted molar refractivity (Wildman–Crippen MR) is 69.0 cm³/mol. The van der Waals surface area contributed by atoms with Gasteiger partial charge in [0.15, 0.2) is 0 Å². The van der Waals surface area contributed by atoms with Crippen molar-refractivity contribution in [2.75, 3.05) is 0 Å². The Kier molecular flexibility index (Phi) is 4.49. The van der Waals surface area contributed by atoms with Gasteiger partial charge in [0.05, 0.1) is 13.2 Å². The molecule has 0 unspecified atom stereocenters. The van der Waals surface area contributed by atoms with E-state index in [1.807, 2.05) is 30.3 Å². The fraction of sp³-hybridized carbons (Fsp3) is 0.200. The van der Waals surface area contributed by atoms with Crippen LogP contribution < -0.4 is 4.74 Å². The number of benzene rings is 2. The summed E-state index contributed by atoms with van der Waals surface area (Å²) in [6.07, 6.45) is 0. The zero-order valence-corrected chi connectivity index (χ0v) is 10.3. The predicted octanol–water partition coefficient (Wildman–Crippen LogP) is 2.39. The second-order valence-electron chi connectivity index (χ2n) is 4.14.